The Morgan fingerprint density at radius 3 is 2.95 bits per heavy atom. The van der Waals surface area contributed by atoms with Crippen LogP contribution in [-0.2, 0) is 6.54 Å². The highest BCUT2D eigenvalue weighted by Crippen LogP contribution is 2.33. The van der Waals surface area contributed by atoms with E-state index >= 15 is 0 Å². The second-order valence-electron chi connectivity index (χ2n) is 5.76. The van der Waals surface area contributed by atoms with Gasteiger partial charge in [0.25, 0.3) is 0 Å². The molecule has 1 aliphatic rings. The highest BCUT2D eigenvalue weighted by molar-refractivity contribution is 5.39. The number of ether oxygens (including phenoxy) is 1. The molecule has 22 heavy (non-hydrogen) atoms. The van der Waals surface area contributed by atoms with Gasteiger partial charge in [-0.2, -0.15) is 0 Å². The Morgan fingerprint density at radius 2 is 2.23 bits per heavy atom. The van der Waals surface area contributed by atoms with Crippen LogP contribution in [0.5, 0.6) is 11.5 Å². The topological polar surface area (TPSA) is 45.6 Å². The van der Waals surface area contributed by atoms with Crippen LogP contribution in [0.25, 0.3) is 0 Å². The monoisotopic (exact) mass is 298 g/mol. The predicted molar refractivity (Wildman–Crippen MR) is 85.9 cm³/mol. The standard InChI is InChI=1S/C18H22N2O2/c1-22-16-8-7-15(18(21)11-16)13-20-10-3-2-6-17(20)14-5-4-9-19-12-14/h4-5,7-9,11-12,17,21H,2-3,6,10,13H2,1H3. The quantitative estimate of drug-likeness (QED) is 0.938. The molecule has 1 unspecified atom stereocenters. The summed E-state index contributed by atoms with van der Waals surface area (Å²) >= 11 is 0. The van der Waals surface area contributed by atoms with Crippen molar-refractivity contribution < 1.29 is 9.84 Å². The second-order valence-corrected chi connectivity index (χ2v) is 5.76. The molecular weight excluding hydrogens is 276 g/mol. The molecule has 116 valence electrons. The van der Waals surface area contributed by atoms with Gasteiger partial charge in [0.1, 0.15) is 11.5 Å². The van der Waals surface area contributed by atoms with E-state index < -0.39 is 0 Å². The number of rotatable bonds is 4. The molecule has 1 aromatic carbocycles. The summed E-state index contributed by atoms with van der Waals surface area (Å²) in [7, 11) is 1.61. The molecule has 0 bridgehead atoms. The van der Waals surface area contributed by atoms with E-state index in [1.165, 1.54) is 18.4 Å². The number of benzene rings is 1. The fraction of sp³-hybridized carbons (Fsp3) is 0.389. The Labute approximate surface area is 131 Å². The molecule has 0 aliphatic carbocycles. The second kappa shape index (κ2) is 6.79. The molecule has 4 heteroatoms. The molecule has 0 spiro atoms. The van der Waals surface area contributed by atoms with Crippen molar-refractivity contribution in [2.75, 3.05) is 13.7 Å². The largest absolute Gasteiger partial charge is 0.507 e. The molecule has 2 heterocycles. The van der Waals surface area contributed by atoms with E-state index in [9.17, 15) is 5.11 Å². The Balaban J connectivity index is 1.80. The number of aromatic nitrogens is 1. The molecule has 4 nitrogen and oxygen atoms in total. The minimum Gasteiger partial charge on any atom is -0.507 e. The van der Waals surface area contributed by atoms with E-state index in [0.717, 1.165) is 25.1 Å². The fourth-order valence-corrected chi connectivity index (χ4v) is 3.15. The normalized spacial score (nSPS) is 19.0. The molecule has 1 atom stereocenters. The summed E-state index contributed by atoms with van der Waals surface area (Å²) in [5.41, 5.74) is 2.20. The minimum absolute atomic E-state index is 0.301. The summed E-state index contributed by atoms with van der Waals surface area (Å²) in [5.74, 6) is 0.985. The number of methoxy groups -OCH3 is 1. The van der Waals surface area contributed by atoms with Crippen LogP contribution < -0.4 is 4.74 Å². The van der Waals surface area contributed by atoms with Crippen molar-refractivity contribution in [1.82, 2.24) is 9.88 Å². The van der Waals surface area contributed by atoms with Crippen LogP contribution in [0.1, 0.15) is 36.4 Å². The maximum atomic E-state index is 10.2. The Kier molecular flexibility index (Phi) is 4.59. The average molecular weight is 298 g/mol. The number of hydrogen-bond acceptors (Lipinski definition) is 4. The fourth-order valence-electron chi connectivity index (χ4n) is 3.15. The van der Waals surface area contributed by atoms with Crippen LogP contribution in [0.4, 0.5) is 0 Å². The van der Waals surface area contributed by atoms with Gasteiger partial charge >= 0.3 is 0 Å². The average Bonchev–Trinajstić information content (AvgIpc) is 2.58. The third-order valence-corrected chi connectivity index (χ3v) is 4.35. The molecule has 3 rings (SSSR count). The SMILES string of the molecule is COc1ccc(CN2CCCCC2c2cccnc2)c(O)c1. The van der Waals surface area contributed by atoms with Crippen molar-refractivity contribution in [3.63, 3.8) is 0 Å². The van der Waals surface area contributed by atoms with Crippen LogP contribution in [0.15, 0.2) is 42.7 Å². The Morgan fingerprint density at radius 1 is 1.32 bits per heavy atom. The number of piperidine rings is 1. The number of phenolic OH excluding ortho intramolecular Hbond substituents is 1. The van der Waals surface area contributed by atoms with Gasteiger partial charge in [0.05, 0.1) is 7.11 Å². The molecule has 0 amide bonds. The number of likely N-dealkylation sites (tertiary alicyclic amines) is 1. The molecule has 0 radical (unpaired) electrons. The molecule has 1 aromatic heterocycles. The number of aromatic hydroxyl groups is 1. The Bertz CT molecular complexity index is 616. The first-order valence-corrected chi connectivity index (χ1v) is 7.78. The summed E-state index contributed by atoms with van der Waals surface area (Å²) in [6.45, 7) is 1.79. The van der Waals surface area contributed by atoms with E-state index in [-0.39, 0.29) is 0 Å². The number of hydrogen-bond donors (Lipinski definition) is 1. The molecule has 1 fully saturated rings. The van der Waals surface area contributed by atoms with Gasteiger partial charge in [0.2, 0.25) is 0 Å². The third-order valence-electron chi connectivity index (χ3n) is 4.35. The van der Waals surface area contributed by atoms with Crippen molar-refractivity contribution in [2.24, 2.45) is 0 Å². The van der Waals surface area contributed by atoms with Crippen LogP contribution >= 0.6 is 0 Å². The highest BCUT2D eigenvalue weighted by atomic mass is 16.5. The van der Waals surface area contributed by atoms with E-state index in [1.807, 2.05) is 30.6 Å². The highest BCUT2D eigenvalue weighted by Gasteiger charge is 2.24. The van der Waals surface area contributed by atoms with Crippen LogP contribution in [0.2, 0.25) is 0 Å². The van der Waals surface area contributed by atoms with Crippen molar-refractivity contribution >= 4 is 0 Å². The first-order chi connectivity index (χ1) is 10.8. The first-order valence-electron chi connectivity index (χ1n) is 7.78. The van der Waals surface area contributed by atoms with Gasteiger partial charge in [-0.15, -0.1) is 0 Å². The predicted octanol–water partition coefficient (Wildman–Crippen LogP) is 3.52. The lowest BCUT2D eigenvalue weighted by Crippen LogP contribution is -2.33. The van der Waals surface area contributed by atoms with Crippen molar-refractivity contribution in [3.05, 3.63) is 53.9 Å². The number of phenols is 1. The van der Waals surface area contributed by atoms with Gasteiger partial charge in [0, 0.05) is 36.6 Å². The molecular formula is C18H22N2O2. The van der Waals surface area contributed by atoms with Crippen molar-refractivity contribution in [2.45, 2.75) is 31.8 Å². The number of nitrogens with zero attached hydrogens (tertiary/aromatic N) is 2. The lowest BCUT2D eigenvalue weighted by atomic mass is 9.95. The number of pyridine rings is 1. The lowest BCUT2D eigenvalue weighted by Gasteiger charge is -2.36. The van der Waals surface area contributed by atoms with Gasteiger partial charge < -0.3 is 9.84 Å². The summed E-state index contributed by atoms with van der Waals surface area (Å²) in [4.78, 5) is 6.68. The van der Waals surface area contributed by atoms with Crippen LogP contribution in [-0.4, -0.2) is 28.6 Å². The van der Waals surface area contributed by atoms with E-state index in [0.29, 0.717) is 17.5 Å². The van der Waals surface area contributed by atoms with E-state index in [4.69, 9.17) is 4.74 Å². The zero-order valence-electron chi connectivity index (χ0n) is 12.9. The summed E-state index contributed by atoms with van der Waals surface area (Å²) in [6, 6.07) is 10.0. The van der Waals surface area contributed by atoms with Crippen LogP contribution in [0, 0.1) is 0 Å². The third kappa shape index (κ3) is 3.22. The maximum Gasteiger partial charge on any atom is 0.123 e. The van der Waals surface area contributed by atoms with Crippen molar-refractivity contribution in [1.29, 1.82) is 0 Å². The van der Waals surface area contributed by atoms with E-state index in [2.05, 4.69) is 16.0 Å². The van der Waals surface area contributed by atoms with Crippen molar-refractivity contribution in [3.8, 4) is 11.5 Å². The van der Waals surface area contributed by atoms with Gasteiger partial charge in [-0.3, -0.25) is 9.88 Å². The van der Waals surface area contributed by atoms with E-state index in [1.54, 1.807) is 13.2 Å². The molecule has 1 aliphatic heterocycles. The summed E-state index contributed by atoms with van der Waals surface area (Å²) in [5, 5.41) is 10.2. The van der Waals surface area contributed by atoms with Gasteiger partial charge in [-0.05, 0) is 37.1 Å². The lowest BCUT2D eigenvalue weighted by molar-refractivity contribution is 0.139. The zero-order chi connectivity index (χ0) is 15.4. The molecule has 2 aromatic rings. The minimum atomic E-state index is 0.301. The zero-order valence-corrected chi connectivity index (χ0v) is 12.9. The van der Waals surface area contributed by atoms with Gasteiger partial charge in [-0.25, -0.2) is 0 Å². The Hall–Kier alpha value is -2.07. The molecule has 1 N–H and O–H groups in total. The van der Waals surface area contributed by atoms with Crippen LogP contribution in [0.3, 0.4) is 0 Å². The van der Waals surface area contributed by atoms with Gasteiger partial charge in [-0.1, -0.05) is 18.6 Å². The van der Waals surface area contributed by atoms with Gasteiger partial charge in [0.15, 0.2) is 0 Å². The summed E-state index contributed by atoms with van der Waals surface area (Å²) < 4.78 is 5.15. The smallest absolute Gasteiger partial charge is 0.123 e. The maximum absolute atomic E-state index is 10.2. The summed E-state index contributed by atoms with van der Waals surface area (Å²) in [6.07, 6.45) is 7.35. The molecule has 1 saturated heterocycles. The molecule has 0 saturated carbocycles. The first kappa shape index (κ1) is 14.9.